The van der Waals surface area contributed by atoms with Gasteiger partial charge in [-0.3, -0.25) is 4.90 Å². The van der Waals surface area contributed by atoms with E-state index < -0.39 is 0 Å². The zero-order chi connectivity index (χ0) is 21.1. The van der Waals surface area contributed by atoms with Crippen LogP contribution < -0.4 is 10.1 Å². The molecule has 2 N–H and O–H groups in total. The van der Waals surface area contributed by atoms with Gasteiger partial charge in [0, 0.05) is 47.8 Å². The molecule has 2 aliphatic rings. The summed E-state index contributed by atoms with van der Waals surface area (Å²) < 4.78 is 6.21. The maximum atomic E-state index is 13.0. The van der Waals surface area contributed by atoms with Gasteiger partial charge < -0.3 is 20.1 Å². The number of methoxy groups -OCH3 is 1. The second-order valence-electron chi connectivity index (χ2n) is 7.63. The first-order chi connectivity index (χ1) is 14.6. The third-order valence-electron chi connectivity index (χ3n) is 5.97. The highest BCUT2D eigenvalue weighted by Gasteiger charge is 2.49. The number of hydrogen-bond acceptors (Lipinski definition) is 4. The summed E-state index contributed by atoms with van der Waals surface area (Å²) in [6.45, 7) is 2.05. The summed E-state index contributed by atoms with van der Waals surface area (Å²) in [5.74, 6) is 0.936. The van der Waals surface area contributed by atoms with Crippen molar-refractivity contribution in [2.45, 2.75) is 18.0 Å². The number of hydrogen-bond donors (Lipinski definition) is 2. The van der Waals surface area contributed by atoms with Crippen LogP contribution >= 0.6 is 15.9 Å². The van der Waals surface area contributed by atoms with E-state index in [-0.39, 0.29) is 30.6 Å². The lowest BCUT2D eigenvalue weighted by atomic mass is 9.74. The average Bonchev–Trinajstić information content (AvgIpc) is 2.74. The van der Waals surface area contributed by atoms with Crippen molar-refractivity contribution in [2.75, 3.05) is 38.7 Å². The molecule has 2 aromatic carbocycles. The topological polar surface area (TPSA) is 65.0 Å². The molecule has 0 radical (unpaired) electrons. The van der Waals surface area contributed by atoms with E-state index in [4.69, 9.17) is 4.74 Å². The molecule has 2 heterocycles. The minimum Gasteiger partial charge on any atom is -0.497 e. The van der Waals surface area contributed by atoms with Crippen molar-refractivity contribution < 1.29 is 14.6 Å². The molecule has 2 aromatic rings. The zero-order valence-corrected chi connectivity index (χ0v) is 18.5. The highest BCUT2D eigenvalue weighted by Crippen LogP contribution is 2.41. The monoisotopic (exact) mass is 471 g/mol. The van der Waals surface area contributed by atoms with Gasteiger partial charge in [-0.2, -0.15) is 0 Å². The van der Waals surface area contributed by atoms with Crippen LogP contribution in [-0.4, -0.2) is 66.4 Å². The summed E-state index contributed by atoms with van der Waals surface area (Å²) in [7, 11) is 1.62. The second kappa shape index (κ2) is 9.20. The Morgan fingerprint density at radius 2 is 1.83 bits per heavy atom. The third-order valence-corrected chi connectivity index (χ3v) is 6.50. The van der Waals surface area contributed by atoms with Crippen LogP contribution in [0.2, 0.25) is 0 Å². The zero-order valence-electron chi connectivity index (χ0n) is 16.9. The molecule has 158 valence electrons. The Hall–Kier alpha value is -2.35. The number of aliphatic hydroxyl groups excluding tert-OH is 1. The highest BCUT2D eigenvalue weighted by atomic mass is 79.9. The maximum Gasteiger partial charge on any atom is 0.322 e. The average molecular weight is 472 g/mol. The Balaban J connectivity index is 1.51. The Morgan fingerprint density at radius 1 is 1.13 bits per heavy atom. The fraction of sp³-hybridized carbons (Fsp3) is 0.348. The molecule has 2 aliphatic heterocycles. The summed E-state index contributed by atoms with van der Waals surface area (Å²) in [4.78, 5) is 17.1. The number of rotatable bonds is 4. The van der Waals surface area contributed by atoms with Crippen LogP contribution in [0.5, 0.6) is 5.75 Å². The number of anilines is 1. The van der Waals surface area contributed by atoms with E-state index in [0.717, 1.165) is 22.5 Å². The minimum atomic E-state index is -0.131. The van der Waals surface area contributed by atoms with E-state index in [1.165, 1.54) is 5.56 Å². The summed E-state index contributed by atoms with van der Waals surface area (Å²) in [5, 5.41) is 13.0. The van der Waals surface area contributed by atoms with Gasteiger partial charge >= 0.3 is 6.03 Å². The maximum absolute atomic E-state index is 13.0. The molecule has 2 amide bonds. The SMILES string of the molecule is COc1ccc(NC(=O)N2CC=CCN3C(CO)C(c4ccc(Br)cc4)C3C2)cc1. The number of urea groups is 1. The molecule has 4 rings (SSSR count). The van der Waals surface area contributed by atoms with Crippen LogP contribution in [0, 0.1) is 0 Å². The van der Waals surface area contributed by atoms with Crippen molar-refractivity contribution in [2.24, 2.45) is 0 Å². The van der Waals surface area contributed by atoms with Gasteiger partial charge in [0.05, 0.1) is 13.7 Å². The van der Waals surface area contributed by atoms with E-state index in [9.17, 15) is 9.90 Å². The third kappa shape index (κ3) is 4.24. The van der Waals surface area contributed by atoms with Crippen LogP contribution in [0.3, 0.4) is 0 Å². The van der Waals surface area contributed by atoms with Gasteiger partial charge in [0.15, 0.2) is 0 Å². The summed E-state index contributed by atoms with van der Waals surface area (Å²) in [5.41, 5.74) is 1.92. The molecule has 1 saturated heterocycles. The lowest BCUT2D eigenvalue weighted by Gasteiger charge is -2.56. The minimum absolute atomic E-state index is 0.0606. The number of amides is 2. The molecular weight excluding hydrogens is 446 g/mol. The van der Waals surface area contributed by atoms with Gasteiger partial charge in [-0.15, -0.1) is 0 Å². The van der Waals surface area contributed by atoms with Crippen LogP contribution in [0.15, 0.2) is 65.2 Å². The Morgan fingerprint density at radius 3 is 2.50 bits per heavy atom. The van der Waals surface area contributed by atoms with Gasteiger partial charge in [0.25, 0.3) is 0 Å². The normalized spacial score (nSPS) is 23.7. The van der Waals surface area contributed by atoms with Crippen LogP contribution in [-0.2, 0) is 0 Å². The van der Waals surface area contributed by atoms with E-state index in [0.29, 0.717) is 13.1 Å². The molecule has 6 nitrogen and oxygen atoms in total. The van der Waals surface area contributed by atoms with Crippen LogP contribution in [0.25, 0.3) is 0 Å². The summed E-state index contributed by atoms with van der Waals surface area (Å²) in [6, 6.07) is 15.7. The van der Waals surface area contributed by atoms with Crippen molar-refractivity contribution >= 4 is 27.6 Å². The molecule has 0 spiro atoms. The van der Waals surface area contributed by atoms with E-state index >= 15 is 0 Å². The number of carbonyl (C=O) groups excluding carboxylic acids is 1. The Kier molecular flexibility index (Phi) is 6.41. The predicted molar refractivity (Wildman–Crippen MR) is 121 cm³/mol. The summed E-state index contributed by atoms with van der Waals surface area (Å²) >= 11 is 3.49. The van der Waals surface area contributed by atoms with Gasteiger partial charge in [-0.25, -0.2) is 4.79 Å². The Labute approximate surface area is 185 Å². The quantitative estimate of drug-likeness (QED) is 0.667. The first kappa shape index (κ1) is 20.9. The number of nitrogens with zero attached hydrogens (tertiary/aromatic N) is 2. The van der Waals surface area contributed by atoms with Crippen molar-refractivity contribution in [3.8, 4) is 5.75 Å². The van der Waals surface area contributed by atoms with Gasteiger partial charge in [-0.05, 0) is 42.0 Å². The van der Waals surface area contributed by atoms with Crippen molar-refractivity contribution in [1.82, 2.24) is 9.80 Å². The molecule has 0 aliphatic carbocycles. The second-order valence-corrected chi connectivity index (χ2v) is 8.54. The van der Waals surface area contributed by atoms with Gasteiger partial charge in [0.1, 0.15) is 5.75 Å². The van der Waals surface area contributed by atoms with E-state index in [1.807, 2.05) is 47.4 Å². The smallest absolute Gasteiger partial charge is 0.322 e. The van der Waals surface area contributed by atoms with Gasteiger partial charge in [-0.1, -0.05) is 40.2 Å². The number of ether oxygens (including phenoxy) is 1. The Bertz CT molecular complexity index is 901. The lowest BCUT2D eigenvalue weighted by Crippen LogP contribution is -2.67. The van der Waals surface area contributed by atoms with E-state index in [1.54, 1.807) is 7.11 Å². The van der Waals surface area contributed by atoms with Gasteiger partial charge in [0.2, 0.25) is 0 Å². The molecule has 0 aromatic heterocycles. The van der Waals surface area contributed by atoms with Crippen molar-refractivity contribution in [3.05, 3.63) is 70.7 Å². The number of nitrogens with one attached hydrogen (secondary N) is 1. The number of fused-ring (bicyclic) bond motifs is 1. The molecule has 3 unspecified atom stereocenters. The first-order valence-electron chi connectivity index (χ1n) is 10.1. The molecule has 30 heavy (non-hydrogen) atoms. The number of benzene rings is 2. The fourth-order valence-corrected chi connectivity index (χ4v) is 4.66. The molecule has 7 heteroatoms. The lowest BCUT2D eigenvalue weighted by molar-refractivity contribution is -0.0443. The molecule has 3 atom stereocenters. The van der Waals surface area contributed by atoms with Crippen molar-refractivity contribution in [3.63, 3.8) is 0 Å². The van der Waals surface area contributed by atoms with Crippen LogP contribution in [0.1, 0.15) is 11.5 Å². The number of carbonyl (C=O) groups is 1. The molecular formula is C23H26BrN3O3. The molecule has 1 fully saturated rings. The molecule has 0 saturated carbocycles. The summed E-state index contributed by atoms with van der Waals surface area (Å²) in [6.07, 6.45) is 4.10. The fourth-order valence-electron chi connectivity index (χ4n) is 4.39. The predicted octanol–water partition coefficient (Wildman–Crippen LogP) is 3.69. The standard InChI is InChI=1S/C23H26BrN3O3/c1-30-19-10-8-18(9-11-19)25-23(29)26-12-2-3-13-27-20(14-26)22(21(27)15-28)16-4-6-17(24)7-5-16/h2-11,20-22,28H,12-15H2,1H3,(H,25,29). The van der Waals surface area contributed by atoms with Crippen LogP contribution in [0.4, 0.5) is 10.5 Å². The van der Waals surface area contributed by atoms with E-state index in [2.05, 4.69) is 44.4 Å². The van der Waals surface area contributed by atoms with Crippen molar-refractivity contribution in [1.29, 1.82) is 0 Å². The highest BCUT2D eigenvalue weighted by molar-refractivity contribution is 9.10. The number of halogens is 1. The molecule has 0 bridgehead atoms. The first-order valence-corrected chi connectivity index (χ1v) is 10.9. The largest absolute Gasteiger partial charge is 0.497 e. The number of aliphatic hydroxyl groups is 1.